The van der Waals surface area contributed by atoms with Crippen LogP contribution in [-0.4, -0.2) is 16.7 Å². The third-order valence-corrected chi connectivity index (χ3v) is 0.970. The Morgan fingerprint density at radius 1 is 1.75 bits per heavy atom. The van der Waals surface area contributed by atoms with Crippen LogP contribution < -0.4 is 5.43 Å². The fourth-order valence-electron chi connectivity index (χ4n) is 0.544. The van der Waals surface area contributed by atoms with Crippen molar-refractivity contribution in [2.24, 2.45) is 0 Å². The fourth-order valence-corrected chi connectivity index (χ4v) is 0.544. The van der Waals surface area contributed by atoms with Crippen LogP contribution in [0.3, 0.4) is 0 Å². The van der Waals surface area contributed by atoms with Crippen molar-refractivity contribution in [3.8, 4) is 0 Å². The first-order chi connectivity index (χ1) is 3.83. The second kappa shape index (κ2) is 1.86. The van der Waals surface area contributed by atoms with Gasteiger partial charge >= 0.3 is 0 Å². The minimum absolute atomic E-state index is 1.03. The number of imidazole rings is 1. The Kier molecular flexibility index (Phi) is 1.20. The van der Waals surface area contributed by atoms with E-state index in [0.717, 1.165) is 5.69 Å². The number of nitrogens with one attached hydrogen (secondary N) is 1. The molecule has 0 saturated carbocycles. The van der Waals surface area contributed by atoms with Crippen molar-refractivity contribution in [3.05, 3.63) is 18.2 Å². The summed E-state index contributed by atoms with van der Waals surface area (Å²) < 4.78 is 1.80. The number of nitrogens with zero attached hydrogens (tertiary/aromatic N) is 2. The Labute approximate surface area is 48.3 Å². The van der Waals surface area contributed by atoms with Crippen molar-refractivity contribution in [2.45, 2.75) is 6.92 Å². The van der Waals surface area contributed by atoms with Crippen molar-refractivity contribution < 1.29 is 0 Å². The van der Waals surface area contributed by atoms with Crippen LogP contribution in [0.1, 0.15) is 5.69 Å². The summed E-state index contributed by atoms with van der Waals surface area (Å²) in [6.07, 6.45) is 3.65. The molecule has 1 aromatic heterocycles. The number of hydrogen-bond donors (Lipinski definition) is 1. The van der Waals surface area contributed by atoms with E-state index in [0.29, 0.717) is 0 Å². The Bertz CT molecular complexity index is 168. The van der Waals surface area contributed by atoms with Crippen LogP contribution in [0.5, 0.6) is 0 Å². The molecule has 0 radical (unpaired) electrons. The maximum atomic E-state index is 3.99. The predicted octanol–water partition coefficient (Wildman–Crippen LogP) is 0.365. The third-order valence-electron chi connectivity index (χ3n) is 0.970. The molecule has 1 rings (SSSR count). The second-order valence-electron chi connectivity index (χ2n) is 1.65. The van der Waals surface area contributed by atoms with E-state index in [2.05, 4.69) is 10.4 Å². The van der Waals surface area contributed by atoms with E-state index < -0.39 is 0 Å². The van der Waals surface area contributed by atoms with Crippen LogP contribution in [0.15, 0.2) is 12.5 Å². The highest BCUT2D eigenvalue weighted by Gasteiger charge is 1.85. The molecule has 0 amide bonds. The zero-order valence-corrected chi connectivity index (χ0v) is 5.05. The first kappa shape index (κ1) is 5.15. The molecule has 0 aliphatic heterocycles. The predicted molar refractivity (Wildman–Crippen MR) is 32.2 cm³/mol. The quantitative estimate of drug-likeness (QED) is 0.567. The maximum Gasteiger partial charge on any atom is 0.114 e. The number of aromatic nitrogens is 2. The van der Waals surface area contributed by atoms with Crippen LogP contribution in [0.25, 0.3) is 0 Å². The average molecular weight is 111 g/mol. The minimum Gasteiger partial charge on any atom is -0.328 e. The smallest absolute Gasteiger partial charge is 0.114 e. The Hall–Kier alpha value is -0.990. The summed E-state index contributed by atoms with van der Waals surface area (Å²) in [6.45, 7) is 1.95. The highest BCUT2D eigenvalue weighted by molar-refractivity contribution is 4.93. The molecule has 0 unspecified atom stereocenters. The van der Waals surface area contributed by atoms with Gasteiger partial charge in [-0.3, -0.25) is 4.68 Å². The molecule has 0 aliphatic carbocycles. The molecular weight excluding hydrogens is 102 g/mol. The van der Waals surface area contributed by atoms with Crippen LogP contribution in [0.4, 0.5) is 0 Å². The summed E-state index contributed by atoms with van der Waals surface area (Å²) in [4.78, 5) is 3.99. The molecule has 1 N–H and O–H groups in total. The van der Waals surface area contributed by atoms with E-state index in [9.17, 15) is 0 Å². The molecule has 1 aromatic rings. The van der Waals surface area contributed by atoms with Gasteiger partial charge in [0, 0.05) is 13.2 Å². The molecule has 0 fully saturated rings. The standard InChI is InChI=1S/C5H9N3/c1-5-3-8(6-2)4-7-5/h3-4,6H,1-2H3. The molecule has 44 valence electrons. The van der Waals surface area contributed by atoms with E-state index in [4.69, 9.17) is 0 Å². The van der Waals surface area contributed by atoms with Crippen molar-refractivity contribution in [1.29, 1.82) is 0 Å². The van der Waals surface area contributed by atoms with Crippen LogP contribution in [-0.2, 0) is 0 Å². The van der Waals surface area contributed by atoms with Gasteiger partial charge in [0.1, 0.15) is 6.33 Å². The van der Waals surface area contributed by atoms with Crippen LogP contribution in [0.2, 0.25) is 0 Å². The highest BCUT2D eigenvalue weighted by Crippen LogP contribution is 1.87. The van der Waals surface area contributed by atoms with Gasteiger partial charge in [-0.15, -0.1) is 0 Å². The summed E-state index contributed by atoms with van der Waals surface area (Å²) in [5, 5.41) is 0. The fraction of sp³-hybridized carbons (Fsp3) is 0.400. The summed E-state index contributed by atoms with van der Waals surface area (Å²) in [5.74, 6) is 0. The van der Waals surface area contributed by atoms with Gasteiger partial charge in [0.25, 0.3) is 0 Å². The molecule has 8 heavy (non-hydrogen) atoms. The minimum atomic E-state index is 1.03. The van der Waals surface area contributed by atoms with Gasteiger partial charge in [0.05, 0.1) is 5.69 Å². The zero-order chi connectivity index (χ0) is 5.98. The van der Waals surface area contributed by atoms with Crippen molar-refractivity contribution >= 4 is 0 Å². The zero-order valence-electron chi connectivity index (χ0n) is 5.05. The molecule has 3 nitrogen and oxygen atoms in total. The topological polar surface area (TPSA) is 29.9 Å². The summed E-state index contributed by atoms with van der Waals surface area (Å²) >= 11 is 0. The third kappa shape index (κ3) is 0.804. The van der Waals surface area contributed by atoms with E-state index >= 15 is 0 Å². The molecule has 0 spiro atoms. The van der Waals surface area contributed by atoms with Crippen molar-refractivity contribution in [3.63, 3.8) is 0 Å². The van der Waals surface area contributed by atoms with Gasteiger partial charge in [-0.2, -0.15) is 0 Å². The number of rotatable bonds is 1. The first-order valence-electron chi connectivity index (χ1n) is 2.51. The Morgan fingerprint density at radius 3 is 2.75 bits per heavy atom. The van der Waals surface area contributed by atoms with Gasteiger partial charge < -0.3 is 5.43 Å². The number of hydrogen-bond acceptors (Lipinski definition) is 2. The lowest BCUT2D eigenvalue weighted by atomic mass is 10.6. The molecule has 3 heteroatoms. The molecule has 0 aliphatic rings. The van der Waals surface area contributed by atoms with E-state index in [1.54, 1.807) is 11.0 Å². The largest absolute Gasteiger partial charge is 0.328 e. The Morgan fingerprint density at radius 2 is 2.50 bits per heavy atom. The maximum absolute atomic E-state index is 3.99. The van der Waals surface area contributed by atoms with E-state index in [1.165, 1.54) is 0 Å². The van der Waals surface area contributed by atoms with E-state index in [-0.39, 0.29) is 0 Å². The highest BCUT2D eigenvalue weighted by atomic mass is 15.4. The normalized spacial score (nSPS) is 9.25. The Balaban J connectivity index is 2.84. The molecule has 0 bridgehead atoms. The van der Waals surface area contributed by atoms with Gasteiger partial charge in [-0.25, -0.2) is 4.98 Å². The van der Waals surface area contributed by atoms with Gasteiger partial charge in [-0.1, -0.05) is 0 Å². The van der Waals surface area contributed by atoms with E-state index in [1.807, 2.05) is 20.2 Å². The van der Waals surface area contributed by atoms with Crippen LogP contribution >= 0.6 is 0 Å². The molecule has 1 heterocycles. The van der Waals surface area contributed by atoms with Gasteiger partial charge in [-0.05, 0) is 6.92 Å². The average Bonchev–Trinajstić information content (AvgIpc) is 2.14. The summed E-state index contributed by atoms with van der Waals surface area (Å²) in [7, 11) is 1.85. The second-order valence-corrected chi connectivity index (χ2v) is 1.65. The first-order valence-corrected chi connectivity index (χ1v) is 2.51. The monoisotopic (exact) mass is 111 g/mol. The molecule has 0 atom stereocenters. The summed E-state index contributed by atoms with van der Waals surface area (Å²) in [5.41, 5.74) is 3.93. The SMILES string of the molecule is CNn1cnc(C)c1. The number of aryl methyl sites for hydroxylation is 1. The molecular formula is C5H9N3. The van der Waals surface area contributed by atoms with Gasteiger partial charge in [0.15, 0.2) is 0 Å². The lowest BCUT2D eigenvalue weighted by Gasteiger charge is -1.94. The van der Waals surface area contributed by atoms with Gasteiger partial charge in [0.2, 0.25) is 0 Å². The summed E-state index contributed by atoms with van der Waals surface area (Å²) in [6, 6.07) is 0. The van der Waals surface area contributed by atoms with Crippen molar-refractivity contribution in [2.75, 3.05) is 12.5 Å². The lowest BCUT2D eigenvalue weighted by molar-refractivity contribution is 0.923. The molecule has 0 saturated heterocycles. The molecule has 0 aromatic carbocycles. The van der Waals surface area contributed by atoms with Crippen molar-refractivity contribution in [1.82, 2.24) is 9.66 Å². The van der Waals surface area contributed by atoms with Crippen LogP contribution in [0, 0.1) is 6.92 Å². The lowest BCUT2D eigenvalue weighted by Crippen LogP contribution is -2.04.